The number of halogens is 1. The second kappa shape index (κ2) is 10.3. The third-order valence-corrected chi connectivity index (χ3v) is 6.06. The summed E-state index contributed by atoms with van der Waals surface area (Å²) in [7, 11) is 0. The third kappa shape index (κ3) is 5.49. The number of amides is 1. The summed E-state index contributed by atoms with van der Waals surface area (Å²) in [6.07, 6.45) is -0.842. The standard InChI is InChI=1S/C26H31ClN4O3/c1-15(2)14-34-20(11-17-5-8-19(27)9-6-17)13-31-22-10-7-18(16(3)4)12-21(22)28-23-24(31)29-26(33)30-25(23)32/h5-10,12,15-16,20,26,33H,11,13-14H2,1-4H3,(H,30,32). The van der Waals surface area contributed by atoms with Gasteiger partial charge < -0.3 is 20.1 Å². The first-order valence-electron chi connectivity index (χ1n) is 11.6. The van der Waals surface area contributed by atoms with Crippen molar-refractivity contribution in [2.24, 2.45) is 15.9 Å². The number of anilines is 1. The molecule has 180 valence electrons. The molecule has 8 heteroatoms. The highest BCUT2D eigenvalue weighted by Crippen LogP contribution is 2.37. The van der Waals surface area contributed by atoms with Crippen LogP contribution in [0.15, 0.2) is 52.4 Å². The minimum Gasteiger partial charge on any atom is -0.376 e. The van der Waals surface area contributed by atoms with Crippen LogP contribution in [0.3, 0.4) is 0 Å². The molecule has 2 heterocycles. The number of aliphatic hydroxyl groups excluding tert-OH is 1. The summed E-state index contributed by atoms with van der Waals surface area (Å²) >= 11 is 6.07. The molecule has 0 saturated carbocycles. The van der Waals surface area contributed by atoms with E-state index < -0.39 is 12.3 Å². The number of nitrogens with one attached hydrogen (secondary N) is 1. The highest BCUT2D eigenvalue weighted by Gasteiger charge is 2.36. The number of hydrogen-bond acceptors (Lipinski definition) is 6. The van der Waals surface area contributed by atoms with Gasteiger partial charge in [0.05, 0.1) is 24.0 Å². The predicted molar refractivity (Wildman–Crippen MR) is 136 cm³/mol. The first-order valence-corrected chi connectivity index (χ1v) is 12.0. The van der Waals surface area contributed by atoms with E-state index in [9.17, 15) is 9.90 Å². The molecular formula is C26H31ClN4O3. The average Bonchev–Trinajstić information content (AvgIpc) is 2.78. The molecule has 0 bridgehead atoms. The van der Waals surface area contributed by atoms with Gasteiger partial charge in [-0.25, -0.2) is 9.98 Å². The van der Waals surface area contributed by atoms with E-state index in [0.29, 0.717) is 48.0 Å². The van der Waals surface area contributed by atoms with Crippen LogP contribution >= 0.6 is 11.6 Å². The van der Waals surface area contributed by atoms with Gasteiger partial charge in [0, 0.05) is 18.1 Å². The van der Waals surface area contributed by atoms with Gasteiger partial charge in [-0.3, -0.25) is 4.79 Å². The number of benzene rings is 2. The van der Waals surface area contributed by atoms with Crippen LogP contribution in [0.25, 0.3) is 0 Å². The molecule has 2 aromatic rings. The number of carbonyl (C=O) groups is 1. The van der Waals surface area contributed by atoms with Crippen LogP contribution in [-0.4, -0.2) is 48.2 Å². The van der Waals surface area contributed by atoms with E-state index in [2.05, 4.69) is 49.1 Å². The zero-order chi connectivity index (χ0) is 24.4. The number of rotatable bonds is 8. The molecule has 2 atom stereocenters. The van der Waals surface area contributed by atoms with Crippen molar-refractivity contribution >= 4 is 40.4 Å². The van der Waals surface area contributed by atoms with Gasteiger partial charge in [0.2, 0.25) is 6.35 Å². The maximum absolute atomic E-state index is 12.7. The van der Waals surface area contributed by atoms with E-state index in [1.54, 1.807) is 0 Å². The first kappa shape index (κ1) is 24.4. The number of amidine groups is 1. The van der Waals surface area contributed by atoms with Crippen molar-refractivity contribution in [3.8, 4) is 0 Å². The lowest BCUT2D eigenvalue weighted by Crippen LogP contribution is -2.55. The second-order valence-corrected chi connectivity index (χ2v) is 9.89. The fourth-order valence-corrected chi connectivity index (χ4v) is 4.15. The van der Waals surface area contributed by atoms with E-state index >= 15 is 0 Å². The zero-order valence-electron chi connectivity index (χ0n) is 20.0. The van der Waals surface area contributed by atoms with Gasteiger partial charge in [0.25, 0.3) is 5.91 Å². The molecule has 2 unspecified atom stereocenters. The molecule has 0 saturated heterocycles. The van der Waals surface area contributed by atoms with Gasteiger partial charge in [-0.15, -0.1) is 0 Å². The van der Waals surface area contributed by atoms with Gasteiger partial charge in [-0.2, -0.15) is 0 Å². The number of carbonyl (C=O) groups excluding carboxylic acids is 1. The van der Waals surface area contributed by atoms with Crippen molar-refractivity contribution in [1.82, 2.24) is 5.32 Å². The Hall–Kier alpha value is -2.74. The maximum atomic E-state index is 12.7. The summed E-state index contributed by atoms with van der Waals surface area (Å²) in [6, 6.07) is 13.8. The third-order valence-electron chi connectivity index (χ3n) is 5.80. The van der Waals surface area contributed by atoms with Gasteiger partial charge >= 0.3 is 0 Å². The van der Waals surface area contributed by atoms with E-state index in [1.165, 1.54) is 0 Å². The first-order chi connectivity index (χ1) is 16.2. The van der Waals surface area contributed by atoms with E-state index in [-0.39, 0.29) is 11.8 Å². The Balaban J connectivity index is 1.71. The monoisotopic (exact) mass is 482 g/mol. The Morgan fingerprint density at radius 1 is 1.15 bits per heavy atom. The van der Waals surface area contributed by atoms with Crippen LogP contribution in [0, 0.1) is 5.92 Å². The number of nitrogens with zero attached hydrogens (tertiary/aromatic N) is 3. The molecule has 0 spiro atoms. The summed E-state index contributed by atoms with van der Waals surface area (Å²) < 4.78 is 6.32. The minimum absolute atomic E-state index is 0.189. The highest BCUT2D eigenvalue weighted by molar-refractivity contribution is 6.70. The van der Waals surface area contributed by atoms with Crippen LogP contribution in [-0.2, 0) is 16.0 Å². The van der Waals surface area contributed by atoms with Crippen LogP contribution in [0.1, 0.15) is 44.7 Å². The smallest absolute Gasteiger partial charge is 0.277 e. The topological polar surface area (TPSA) is 86.5 Å². The molecule has 7 nitrogen and oxygen atoms in total. The number of ether oxygens (including phenoxy) is 1. The molecule has 2 N–H and O–H groups in total. The average molecular weight is 483 g/mol. The Bertz CT molecular complexity index is 1110. The van der Waals surface area contributed by atoms with Crippen molar-refractivity contribution in [3.63, 3.8) is 0 Å². The van der Waals surface area contributed by atoms with E-state index in [1.807, 2.05) is 41.3 Å². The van der Waals surface area contributed by atoms with Gasteiger partial charge in [-0.1, -0.05) is 57.5 Å². The zero-order valence-corrected chi connectivity index (χ0v) is 20.7. The number of aliphatic hydroxyl groups is 1. The normalized spacial score (nSPS) is 18.3. The largest absolute Gasteiger partial charge is 0.376 e. The van der Waals surface area contributed by atoms with Gasteiger partial charge in [-0.05, 0) is 47.2 Å². The Kier molecular flexibility index (Phi) is 7.36. The quantitative estimate of drug-likeness (QED) is 0.582. The number of hydrogen-bond donors (Lipinski definition) is 2. The van der Waals surface area contributed by atoms with Crippen LogP contribution in [0.2, 0.25) is 5.02 Å². The molecule has 0 aliphatic carbocycles. The highest BCUT2D eigenvalue weighted by atomic mass is 35.5. The molecule has 4 rings (SSSR count). The fourth-order valence-electron chi connectivity index (χ4n) is 4.02. The molecule has 0 fully saturated rings. The minimum atomic E-state index is -1.31. The summed E-state index contributed by atoms with van der Waals surface area (Å²) in [5.41, 5.74) is 3.98. The van der Waals surface area contributed by atoms with Crippen LogP contribution in [0.4, 0.5) is 11.4 Å². The van der Waals surface area contributed by atoms with Gasteiger partial charge in [0.15, 0.2) is 11.5 Å². The molecular weight excluding hydrogens is 452 g/mol. The SMILES string of the molecule is CC(C)COC(Cc1ccc(Cl)cc1)CN1C2=NC(O)NC(=O)C2=Nc2cc(C(C)C)ccc21. The second-order valence-electron chi connectivity index (χ2n) is 9.45. The van der Waals surface area contributed by atoms with Crippen LogP contribution < -0.4 is 10.2 Å². The lowest BCUT2D eigenvalue weighted by atomic mass is 9.99. The molecule has 0 radical (unpaired) electrons. The fraction of sp³-hybridized carbons (Fsp3) is 0.423. The Morgan fingerprint density at radius 2 is 1.88 bits per heavy atom. The van der Waals surface area contributed by atoms with Crippen LogP contribution in [0.5, 0.6) is 0 Å². The summed E-state index contributed by atoms with van der Waals surface area (Å²) in [6.45, 7) is 9.50. The molecule has 34 heavy (non-hydrogen) atoms. The van der Waals surface area contributed by atoms with Gasteiger partial charge in [0.1, 0.15) is 0 Å². The summed E-state index contributed by atoms with van der Waals surface area (Å²) in [4.78, 5) is 23.6. The molecule has 0 aromatic heterocycles. The predicted octanol–water partition coefficient (Wildman–Crippen LogP) is 4.44. The molecule has 2 aromatic carbocycles. The maximum Gasteiger partial charge on any atom is 0.277 e. The van der Waals surface area contributed by atoms with Crippen molar-refractivity contribution in [2.75, 3.05) is 18.1 Å². The van der Waals surface area contributed by atoms with Crippen molar-refractivity contribution in [1.29, 1.82) is 0 Å². The van der Waals surface area contributed by atoms with Crippen molar-refractivity contribution in [2.45, 2.75) is 52.5 Å². The molecule has 1 amide bonds. The summed E-state index contributed by atoms with van der Waals surface area (Å²) in [5, 5.41) is 13.2. The lowest BCUT2D eigenvalue weighted by molar-refractivity contribution is -0.117. The summed E-state index contributed by atoms with van der Waals surface area (Å²) in [5.74, 6) is 0.602. The van der Waals surface area contributed by atoms with Crippen molar-refractivity contribution < 1.29 is 14.6 Å². The Labute approximate surface area is 205 Å². The number of fused-ring (bicyclic) bond motifs is 2. The van der Waals surface area contributed by atoms with Crippen molar-refractivity contribution in [3.05, 3.63) is 58.6 Å². The number of aliphatic imine (C=N–C) groups is 2. The van der Waals surface area contributed by atoms with E-state index in [0.717, 1.165) is 16.8 Å². The molecule has 2 aliphatic heterocycles. The Morgan fingerprint density at radius 3 is 2.56 bits per heavy atom. The lowest BCUT2D eigenvalue weighted by Gasteiger charge is -2.36. The molecule has 2 aliphatic rings. The van der Waals surface area contributed by atoms with E-state index in [4.69, 9.17) is 16.3 Å².